The maximum Gasteiger partial charge on any atom is 0.243 e. The first-order chi connectivity index (χ1) is 6.26. The van der Waals surface area contributed by atoms with Gasteiger partial charge in [-0.1, -0.05) is 20.3 Å². The molecule has 1 heterocycles. The Morgan fingerprint density at radius 2 is 2.31 bits per heavy atom. The third-order valence-electron chi connectivity index (χ3n) is 1.97. The van der Waals surface area contributed by atoms with E-state index >= 15 is 0 Å². The molecule has 0 fully saturated rings. The molecule has 13 heavy (non-hydrogen) atoms. The van der Waals surface area contributed by atoms with Gasteiger partial charge in [0.2, 0.25) is 11.9 Å². The lowest BCUT2D eigenvalue weighted by Gasteiger charge is -2.13. The van der Waals surface area contributed by atoms with Crippen molar-refractivity contribution in [3.05, 3.63) is 0 Å². The highest BCUT2D eigenvalue weighted by Crippen LogP contribution is 2.08. The Labute approximate surface area is 78.1 Å². The van der Waals surface area contributed by atoms with Crippen LogP contribution < -0.4 is 11.1 Å². The number of hydrogen-bond donors (Lipinski definition) is 3. The van der Waals surface area contributed by atoms with E-state index in [4.69, 9.17) is 5.73 Å². The highest BCUT2D eigenvalue weighted by atomic mass is 15.3. The summed E-state index contributed by atoms with van der Waals surface area (Å²) in [5, 5.41) is 9.72. The third-order valence-corrected chi connectivity index (χ3v) is 1.97. The summed E-state index contributed by atoms with van der Waals surface area (Å²) in [4.78, 5) is 3.98. The largest absolute Gasteiger partial charge is 0.368 e. The van der Waals surface area contributed by atoms with Gasteiger partial charge in [0.1, 0.15) is 0 Å². The molecule has 1 rings (SSSR count). The fraction of sp³-hybridized carbons (Fsp3) is 0.750. The van der Waals surface area contributed by atoms with Crippen molar-refractivity contribution in [1.82, 2.24) is 15.2 Å². The van der Waals surface area contributed by atoms with E-state index in [1.54, 1.807) is 0 Å². The van der Waals surface area contributed by atoms with Crippen molar-refractivity contribution in [2.45, 2.75) is 39.2 Å². The molecule has 1 aromatic rings. The summed E-state index contributed by atoms with van der Waals surface area (Å²) in [6.45, 7) is 4.31. The van der Waals surface area contributed by atoms with E-state index < -0.39 is 0 Å². The average Bonchev–Trinajstić information content (AvgIpc) is 2.50. The second kappa shape index (κ2) is 4.69. The number of H-pyrrole nitrogens is 1. The maximum atomic E-state index is 5.40. The van der Waals surface area contributed by atoms with Crippen molar-refractivity contribution in [3.8, 4) is 0 Å². The highest BCUT2D eigenvalue weighted by molar-refractivity contribution is 5.30. The molecule has 0 aliphatic carbocycles. The molecular weight excluding hydrogens is 166 g/mol. The van der Waals surface area contributed by atoms with Gasteiger partial charge in [0.25, 0.3) is 0 Å². The van der Waals surface area contributed by atoms with Crippen LogP contribution >= 0.6 is 0 Å². The lowest BCUT2D eigenvalue weighted by molar-refractivity contribution is 0.618. The summed E-state index contributed by atoms with van der Waals surface area (Å²) in [5.41, 5.74) is 5.40. The van der Waals surface area contributed by atoms with Gasteiger partial charge in [0.05, 0.1) is 0 Å². The molecule has 1 atom stereocenters. The van der Waals surface area contributed by atoms with Gasteiger partial charge in [-0.25, -0.2) is 5.10 Å². The quantitative estimate of drug-likeness (QED) is 0.644. The predicted molar refractivity (Wildman–Crippen MR) is 53.4 cm³/mol. The normalized spacial score (nSPS) is 12.8. The van der Waals surface area contributed by atoms with Crippen LogP contribution in [0.5, 0.6) is 0 Å². The van der Waals surface area contributed by atoms with E-state index in [0.717, 1.165) is 19.3 Å². The van der Waals surface area contributed by atoms with Crippen molar-refractivity contribution < 1.29 is 0 Å². The lowest BCUT2D eigenvalue weighted by Crippen LogP contribution is -2.18. The molecule has 5 heteroatoms. The molecule has 0 amide bonds. The van der Waals surface area contributed by atoms with E-state index in [2.05, 4.69) is 34.3 Å². The Balaban J connectivity index is 2.46. The zero-order valence-corrected chi connectivity index (χ0v) is 8.17. The standard InChI is InChI=1S/C8H17N5/c1-3-5-6(4-2)10-8-11-7(9)12-13-8/h6H,3-5H2,1-2H3,(H4,9,10,11,12,13). The van der Waals surface area contributed by atoms with Crippen LogP contribution in [0.1, 0.15) is 33.1 Å². The number of nitrogens with two attached hydrogens (primary N) is 1. The van der Waals surface area contributed by atoms with Gasteiger partial charge in [-0.3, -0.25) is 0 Å². The molecule has 0 saturated heterocycles. The van der Waals surface area contributed by atoms with E-state index in [1.165, 1.54) is 0 Å². The van der Waals surface area contributed by atoms with Gasteiger partial charge in [0.15, 0.2) is 0 Å². The summed E-state index contributed by atoms with van der Waals surface area (Å²) < 4.78 is 0. The molecule has 1 unspecified atom stereocenters. The van der Waals surface area contributed by atoms with E-state index in [-0.39, 0.29) is 0 Å². The minimum Gasteiger partial charge on any atom is -0.368 e. The third kappa shape index (κ3) is 2.93. The van der Waals surface area contributed by atoms with Gasteiger partial charge in [-0.05, 0) is 12.8 Å². The average molecular weight is 183 g/mol. The summed E-state index contributed by atoms with van der Waals surface area (Å²) in [6, 6.07) is 0.445. The molecular formula is C8H17N5. The predicted octanol–water partition coefficient (Wildman–Crippen LogP) is 1.38. The minimum atomic E-state index is 0.355. The van der Waals surface area contributed by atoms with Gasteiger partial charge >= 0.3 is 0 Å². The van der Waals surface area contributed by atoms with Crippen molar-refractivity contribution in [2.24, 2.45) is 0 Å². The molecule has 0 saturated carbocycles. The van der Waals surface area contributed by atoms with Gasteiger partial charge in [0, 0.05) is 6.04 Å². The van der Waals surface area contributed by atoms with E-state index in [0.29, 0.717) is 17.9 Å². The lowest BCUT2D eigenvalue weighted by atomic mass is 10.1. The first-order valence-corrected chi connectivity index (χ1v) is 4.70. The van der Waals surface area contributed by atoms with Crippen molar-refractivity contribution in [1.29, 1.82) is 0 Å². The van der Waals surface area contributed by atoms with Crippen LogP contribution in [0.3, 0.4) is 0 Å². The molecule has 5 nitrogen and oxygen atoms in total. The smallest absolute Gasteiger partial charge is 0.243 e. The zero-order valence-electron chi connectivity index (χ0n) is 8.17. The van der Waals surface area contributed by atoms with Crippen LogP contribution in [0, 0.1) is 0 Å². The number of nitrogens with one attached hydrogen (secondary N) is 2. The number of hydrogen-bond acceptors (Lipinski definition) is 4. The van der Waals surface area contributed by atoms with Gasteiger partial charge < -0.3 is 11.1 Å². The number of rotatable bonds is 5. The topological polar surface area (TPSA) is 79.6 Å². The van der Waals surface area contributed by atoms with Crippen LogP contribution in [0.4, 0.5) is 11.9 Å². The second-order valence-corrected chi connectivity index (χ2v) is 3.08. The van der Waals surface area contributed by atoms with E-state index in [9.17, 15) is 0 Å². The van der Waals surface area contributed by atoms with Crippen molar-refractivity contribution in [2.75, 3.05) is 11.1 Å². The molecule has 0 spiro atoms. The Hall–Kier alpha value is -1.26. The summed E-state index contributed by atoms with van der Waals surface area (Å²) in [6.07, 6.45) is 3.36. The molecule has 0 aromatic carbocycles. The Morgan fingerprint density at radius 3 is 2.77 bits per heavy atom. The van der Waals surface area contributed by atoms with Crippen LogP contribution in [-0.4, -0.2) is 21.2 Å². The summed E-state index contributed by atoms with van der Waals surface area (Å²) in [7, 11) is 0. The highest BCUT2D eigenvalue weighted by Gasteiger charge is 2.07. The molecule has 4 N–H and O–H groups in total. The molecule has 0 aliphatic rings. The van der Waals surface area contributed by atoms with E-state index in [1.807, 2.05) is 0 Å². The first-order valence-electron chi connectivity index (χ1n) is 4.70. The SMILES string of the molecule is CCCC(CC)Nc1n[nH]c(N)n1. The Bertz CT molecular complexity index is 244. The van der Waals surface area contributed by atoms with Crippen LogP contribution in [0.25, 0.3) is 0 Å². The van der Waals surface area contributed by atoms with Crippen LogP contribution in [0.2, 0.25) is 0 Å². The van der Waals surface area contributed by atoms with Crippen LogP contribution in [0.15, 0.2) is 0 Å². The molecule has 0 bridgehead atoms. The summed E-state index contributed by atoms with van der Waals surface area (Å²) in [5.74, 6) is 0.951. The molecule has 0 aliphatic heterocycles. The first kappa shape index (κ1) is 9.83. The molecule has 74 valence electrons. The minimum absolute atomic E-state index is 0.355. The Morgan fingerprint density at radius 1 is 1.54 bits per heavy atom. The second-order valence-electron chi connectivity index (χ2n) is 3.08. The van der Waals surface area contributed by atoms with Crippen molar-refractivity contribution in [3.63, 3.8) is 0 Å². The number of nitrogen functional groups attached to an aromatic ring is 1. The number of aromatic amines is 1. The zero-order chi connectivity index (χ0) is 9.68. The monoisotopic (exact) mass is 183 g/mol. The van der Waals surface area contributed by atoms with Gasteiger partial charge in [-0.2, -0.15) is 4.98 Å². The van der Waals surface area contributed by atoms with Gasteiger partial charge in [-0.15, -0.1) is 5.10 Å². The maximum absolute atomic E-state index is 5.40. The molecule has 0 radical (unpaired) electrons. The van der Waals surface area contributed by atoms with Crippen LogP contribution in [-0.2, 0) is 0 Å². The number of aromatic nitrogens is 3. The fourth-order valence-corrected chi connectivity index (χ4v) is 1.25. The fourth-order valence-electron chi connectivity index (χ4n) is 1.25. The number of anilines is 2. The molecule has 1 aromatic heterocycles. The van der Waals surface area contributed by atoms with Crippen molar-refractivity contribution >= 4 is 11.9 Å². The summed E-state index contributed by atoms with van der Waals surface area (Å²) >= 11 is 0. The Kier molecular flexibility index (Phi) is 3.54. The number of nitrogens with zero attached hydrogens (tertiary/aromatic N) is 2.